The minimum absolute atomic E-state index is 0.0314. The van der Waals surface area contributed by atoms with Gasteiger partial charge in [0.05, 0.1) is 22.7 Å². The molecule has 0 aliphatic carbocycles. The summed E-state index contributed by atoms with van der Waals surface area (Å²) in [6, 6.07) is 6.35. The quantitative estimate of drug-likeness (QED) is 0.431. The molecule has 2 heterocycles. The van der Waals surface area contributed by atoms with Crippen LogP contribution in [0.3, 0.4) is 0 Å². The number of H-pyrrole nitrogens is 1. The number of ether oxygens (including phenoxy) is 1. The van der Waals surface area contributed by atoms with Gasteiger partial charge in [-0.2, -0.15) is 13.2 Å². The van der Waals surface area contributed by atoms with Crippen LogP contribution in [0.1, 0.15) is 21.6 Å². The van der Waals surface area contributed by atoms with E-state index in [-0.39, 0.29) is 35.0 Å². The molecule has 1 aromatic carbocycles. The Hall–Kier alpha value is -3.87. The number of alkyl halides is 3. The third kappa shape index (κ3) is 5.06. The fraction of sp³-hybridized carbons (Fsp3) is 0.158. The number of carboxylic acid groups (broad SMARTS) is 1. The molecule has 4 N–H and O–H groups in total. The number of aromatic carboxylic acids is 1. The number of benzene rings is 1. The lowest BCUT2D eigenvalue weighted by Gasteiger charge is -2.13. The van der Waals surface area contributed by atoms with E-state index in [9.17, 15) is 32.7 Å². The number of carbonyl (C=O) groups excluding carboxylic acids is 1. The highest BCUT2D eigenvalue weighted by Crippen LogP contribution is 2.33. The van der Waals surface area contributed by atoms with Crippen LogP contribution in [-0.2, 0) is 17.3 Å². The number of carbonyl (C=O) groups is 2. The van der Waals surface area contributed by atoms with Crippen LogP contribution in [0.5, 0.6) is 5.75 Å². The van der Waals surface area contributed by atoms with Gasteiger partial charge in [-0.05, 0) is 23.1 Å². The van der Waals surface area contributed by atoms with Gasteiger partial charge in [-0.1, -0.05) is 18.2 Å². The molecule has 0 atom stereocenters. The highest BCUT2D eigenvalue weighted by Gasteiger charge is 2.32. The molecular formula is C19H14F3N3O6S. The van der Waals surface area contributed by atoms with Crippen molar-refractivity contribution in [2.75, 3.05) is 11.9 Å². The van der Waals surface area contributed by atoms with Gasteiger partial charge in [-0.3, -0.25) is 10.1 Å². The molecule has 1 amide bonds. The molecule has 0 unspecified atom stereocenters. The molecule has 0 aliphatic heterocycles. The van der Waals surface area contributed by atoms with Crippen LogP contribution in [0.25, 0.3) is 10.7 Å². The van der Waals surface area contributed by atoms with Crippen molar-refractivity contribution in [3.8, 4) is 16.5 Å². The van der Waals surface area contributed by atoms with Crippen molar-refractivity contribution in [2.24, 2.45) is 0 Å². The monoisotopic (exact) mass is 469 g/mol. The summed E-state index contributed by atoms with van der Waals surface area (Å²) in [6.07, 6.45) is -5.68. The second-order valence-corrected chi connectivity index (χ2v) is 7.16. The lowest BCUT2D eigenvalue weighted by atomic mass is 10.0. The molecule has 0 fully saturated rings. The molecule has 0 aliphatic rings. The third-order valence-electron chi connectivity index (χ3n) is 4.14. The number of nitrogens with zero attached hydrogens (tertiary/aromatic N) is 1. The van der Waals surface area contributed by atoms with Crippen LogP contribution in [0, 0.1) is 0 Å². The van der Waals surface area contributed by atoms with E-state index in [4.69, 9.17) is 9.84 Å². The van der Waals surface area contributed by atoms with Gasteiger partial charge in [0.25, 0.3) is 5.56 Å². The first kappa shape index (κ1) is 22.8. The van der Waals surface area contributed by atoms with Crippen molar-refractivity contribution >= 4 is 29.1 Å². The first-order chi connectivity index (χ1) is 15.1. The number of hydrogen-bond acceptors (Lipinski definition) is 7. The van der Waals surface area contributed by atoms with E-state index in [0.29, 0.717) is 0 Å². The first-order valence-corrected chi connectivity index (χ1v) is 9.69. The summed E-state index contributed by atoms with van der Waals surface area (Å²) in [5, 5.41) is 22.4. The molecule has 0 bridgehead atoms. The number of nitrogens with one attached hydrogen (secondary N) is 2. The molecule has 13 heteroatoms. The zero-order chi connectivity index (χ0) is 23.5. The minimum Gasteiger partial charge on any atom is -0.501 e. The SMILES string of the molecule is O=C(Nc1ccsc1-c1nc(C(=O)O)c(O)c(=O)[nH]1)OCCc1ccccc1C(F)(F)F. The number of amides is 1. The average molecular weight is 469 g/mol. The molecule has 32 heavy (non-hydrogen) atoms. The van der Waals surface area contributed by atoms with Gasteiger partial charge >= 0.3 is 18.2 Å². The van der Waals surface area contributed by atoms with Crippen LogP contribution >= 0.6 is 11.3 Å². The standard InChI is InChI=1S/C19H14F3N3O6S/c20-19(21,22)10-4-2-1-3-9(10)5-7-31-18(30)23-11-6-8-32-14(11)15-24-12(17(28)29)13(26)16(27)25-15/h1-4,6,8,26H,5,7H2,(H,23,30)(H,28,29)(H,24,25,27). The lowest BCUT2D eigenvalue weighted by molar-refractivity contribution is -0.138. The number of rotatable bonds is 6. The summed E-state index contributed by atoms with van der Waals surface area (Å²) in [6.45, 7) is -0.337. The Balaban J connectivity index is 1.70. The maximum atomic E-state index is 13.0. The number of aromatic hydroxyl groups is 1. The van der Waals surface area contributed by atoms with Gasteiger partial charge in [0, 0.05) is 6.42 Å². The van der Waals surface area contributed by atoms with Crippen LogP contribution in [0.4, 0.5) is 23.7 Å². The van der Waals surface area contributed by atoms with Gasteiger partial charge in [0.15, 0.2) is 11.5 Å². The normalized spacial score (nSPS) is 11.2. The topological polar surface area (TPSA) is 142 Å². The number of anilines is 1. The predicted molar refractivity (Wildman–Crippen MR) is 107 cm³/mol. The number of aromatic amines is 1. The smallest absolute Gasteiger partial charge is 0.416 e. The van der Waals surface area contributed by atoms with Crippen LogP contribution < -0.4 is 10.9 Å². The van der Waals surface area contributed by atoms with E-state index >= 15 is 0 Å². The Morgan fingerprint density at radius 1 is 1.22 bits per heavy atom. The maximum Gasteiger partial charge on any atom is 0.416 e. The third-order valence-corrected chi connectivity index (χ3v) is 5.06. The van der Waals surface area contributed by atoms with E-state index in [2.05, 4.69) is 15.3 Å². The van der Waals surface area contributed by atoms with Gasteiger partial charge in [-0.25, -0.2) is 14.6 Å². The molecule has 9 nitrogen and oxygen atoms in total. The molecular weight excluding hydrogens is 455 g/mol. The summed E-state index contributed by atoms with van der Waals surface area (Å²) in [4.78, 5) is 41.1. The Morgan fingerprint density at radius 3 is 2.62 bits per heavy atom. The van der Waals surface area contributed by atoms with E-state index in [1.54, 1.807) is 0 Å². The zero-order valence-electron chi connectivity index (χ0n) is 15.9. The van der Waals surface area contributed by atoms with Crippen molar-refractivity contribution in [1.29, 1.82) is 0 Å². The van der Waals surface area contributed by atoms with Gasteiger partial charge in [0.1, 0.15) is 0 Å². The molecule has 0 spiro atoms. The van der Waals surface area contributed by atoms with Crippen LogP contribution in [0.15, 0.2) is 40.5 Å². The van der Waals surface area contributed by atoms with E-state index in [0.717, 1.165) is 17.4 Å². The highest BCUT2D eigenvalue weighted by molar-refractivity contribution is 7.14. The molecule has 168 valence electrons. The van der Waals surface area contributed by atoms with Gasteiger partial charge in [0.2, 0.25) is 5.75 Å². The largest absolute Gasteiger partial charge is 0.501 e. The van der Waals surface area contributed by atoms with Crippen molar-refractivity contribution in [2.45, 2.75) is 12.6 Å². The Bertz CT molecular complexity index is 1220. The average Bonchev–Trinajstić information content (AvgIpc) is 3.17. The van der Waals surface area contributed by atoms with E-state index in [1.807, 2.05) is 0 Å². The first-order valence-electron chi connectivity index (χ1n) is 8.81. The van der Waals surface area contributed by atoms with E-state index < -0.39 is 40.8 Å². The fourth-order valence-electron chi connectivity index (χ4n) is 2.73. The van der Waals surface area contributed by atoms with Crippen molar-refractivity contribution in [1.82, 2.24) is 9.97 Å². The lowest BCUT2D eigenvalue weighted by Crippen LogP contribution is -2.18. The van der Waals surface area contributed by atoms with Crippen molar-refractivity contribution in [3.05, 3.63) is 62.9 Å². The Kier molecular flexibility index (Phi) is 6.48. The molecule has 3 aromatic rings. The number of carboxylic acids is 1. The summed E-state index contributed by atoms with van der Waals surface area (Å²) in [5.41, 5.74) is -2.69. The number of aromatic nitrogens is 2. The number of thiophene rings is 1. The van der Waals surface area contributed by atoms with Crippen molar-refractivity contribution < 1.29 is 37.7 Å². The molecule has 3 rings (SSSR count). The minimum atomic E-state index is -4.53. The summed E-state index contributed by atoms with van der Waals surface area (Å²) < 4.78 is 44.0. The van der Waals surface area contributed by atoms with Crippen molar-refractivity contribution in [3.63, 3.8) is 0 Å². The summed E-state index contributed by atoms with van der Waals surface area (Å²) >= 11 is 1.00. The molecule has 0 saturated carbocycles. The maximum absolute atomic E-state index is 13.0. The summed E-state index contributed by atoms with van der Waals surface area (Å²) in [7, 11) is 0. The molecule has 0 saturated heterocycles. The number of halogens is 3. The zero-order valence-corrected chi connectivity index (χ0v) is 16.7. The fourth-order valence-corrected chi connectivity index (χ4v) is 3.52. The second-order valence-electron chi connectivity index (χ2n) is 6.25. The van der Waals surface area contributed by atoms with Gasteiger partial charge < -0.3 is 19.9 Å². The second kappa shape index (κ2) is 9.09. The van der Waals surface area contributed by atoms with Crippen LogP contribution in [-0.4, -0.2) is 38.9 Å². The van der Waals surface area contributed by atoms with Crippen LogP contribution in [0.2, 0.25) is 0 Å². The number of hydrogen-bond donors (Lipinski definition) is 4. The molecule has 0 radical (unpaired) electrons. The highest BCUT2D eigenvalue weighted by atomic mass is 32.1. The van der Waals surface area contributed by atoms with E-state index in [1.165, 1.54) is 29.6 Å². The summed E-state index contributed by atoms with van der Waals surface area (Å²) in [5.74, 6) is -2.90. The molecule has 2 aromatic heterocycles. The predicted octanol–water partition coefficient (Wildman–Crippen LogP) is 3.71. The Labute approximate surface area is 181 Å². The van der Waals surface area contributed by atoms with Gasteiger partial charge in [-0.15, -0.1) is 11.3 Å². The Morgan fingerprint density at radius 2 is 1.94 bits per heavy atom.